The van der Waals surface area contributed by atoms with Gasteiger partial charge in [-0.25, -0.2) is 0 Å². The molecule has 0 unspecified atom stereocenters. The number of amides is 1. The molecule has 1 aliphatic heterocycles. The first kappa shape index (κ1) is 26.3. The van der Waals surface area contributed by atoms with Crippen molar-refractivity contribution in [2.24, 2.45) is 0 Å². The van der Waals surface area contributed by atoms with Gasteiger partial charge in [-0.2, -0.15) is 13.2 Å². The molecule has 1 saturated heterocycles. The van der Waals surface area contributed by atoms with Crippen molar-refractivity contribution in [2.75, 3.05) is 39.0 Å². The third kappa shape index (κ3) is 7.11. The van der Waals surface area contributed by atoms with Gasteiger partial charge in [-0.05, 0) is 54.3 Å². The highest BCUT2D eigenvalue weighted by molar-refractivity contribution is 9.10. The Kier molecular flexibility index (Phi) is 9.14. The molecule has 2 aromatic carbocycles. The second-order valence-corrected chi connectivity index (χ2v) is 10.5. The fourth-order valence-electron chi connectivity index (χ4n) is 3.67. The molecular formula is C23H26BrClF3N3OS. The number of hydrogen-bond acceptors (Lipinski definition) is 4. The van der Waals surface area contributed by atoms with Gasteiger partial charge in [0, 0.05) is 59.2 Å². The predicted octanol–water partition coefficient (Wildman–Crippen LogP) is 5.91. The SMILES string of the molecule is CCSc1ccc(Cl)cc1CNC(=O)c1cc(Br)c(CN2CCN(C)CC2)c(C(F)(F)F)c1. The lowest BCUT2D eigenvalue weighted by molar-refractivity contribution is -0.138. The third-order valence-electron chi connectivity index (χ3n) is 5.50. The van der Waals surface area contributed by atoms with E-state index in [2.05, 4.69) is 26.1 Å². The molecule has 180 valence electrons. The van der Waals surface area contributed by atoms with Crippen LogP contribution in [0.1, 0.15) is 34.0 Å². The molecule has 10 heteroatoms. The molecular weight excluding hydrogens is 539 g/mol. The molecule has 1 N–H and O–H groups in total. The average molecular weight is 565 g/mol. The Balaban J connectivity index is 1.81. The van der Waals surface area contributed by atoms with E-state index in [4.69, 9.17) is 11.6 Å². The number of nitrogens with zero attached hydrogens (tertiary/aromatic N) is 2. The van der Waals surface area contributed by atoms with Gasteiger partial charge in [0.15, 0.2) is 0 Å². The third-order valence-corrected chi connectivity index (χ3v) is 7.44. The number of alkyl halides is 3. The molecule has 4 nitrogen and oxygen atoms in total. The number of rotatable bonds is 7. The van der Waals surface area contributed by atoms with Gasteiger partial charge in [0.2, 0.25) is 0 Å². The maximum atomic E-state index is 13.9. The van der Waals surface area contributed by atoms with Crippen LogP contribution in [0.2, 0.25) is 5.02 Å². The summed E-state index contributed by atoms with van der Waals surface area (Å²) in [7, 11) is 2.00. The molecule has 0 aliphatic carbocycles. The second-order valence-electron chi connectivity index (χ2n) is 7.93. The van der Waals surface area contributed by atoms with Gasteiger partial charge in [0.1, 0.15) is 0 Å². The van der Waals surface area contributed by atoms with Crippen molar-refractivity contribution in [2.45, 2.75) is 31.1 Å². The number of benzene rings is 2. The number of carbonyl (C=O) groups excluding carboxylic acids is 1. The van der Waals surface area contributed by atoms with E-state index in [1.54, 1.807) is 23.9 Å². The topological polar surface area (TPSA) is 35.6 Å². The minimum absolute atomic E-state index is 0.0388. The van der Waals surface area contributed by atoms with Crippen LogP contribution in [0.5, 0.6) is 0 Å². The minimum atomic E-state index is -4.57. The number of hydrogen-bond donors (Lipinski definition) is 1. The lowest BCUT2D eigenvalue weighted by atomic mass is 10.0. The van der Waals surface area contributed by atoms with Crippen molar-refractivity contribution in [3.05, 3.63) is 62.1 Å². The molecule has 0 radical (unpaired) electrons. The van der Waals surface area contributed by atoms with Crippen LogP contribution in [0.25, 0.3) is 0 Å². The Labute approximate surface area is 210 Å². The number of halogens is 5. The molecule has 0 atom stereocenters. The highest BCUT2D eigenvalue weighted by atomic mass is 79.9. The maximum absolute atomic E-state index is 13.9. The summed E-state index contributed by atoms with van der Waals surface area (Å²) in [6.07, 6.45) is -4.57. The zero-order valence-electron chi connectivity index (χ0n) is 18.4. The number of piperazine rings is 1. The molecule has 0 saturated carbocycles. The fourth-order valence-corrected chi connectivity index (χ4v) is 5.24. The maximum Gasteiger partial charge on any atom is 0.416 e. The van der Waals surface area contributed by atoms with E-state index in [0.717, 1.165) is 35.4 Å². The van der Waals surface area contributed by atoms with Gasteiger partial charge in [-0.1, -0.05) is 34.5 Å². The normalized spacial score (nSPS) is 15.6. The number of nitrogens with one attached hydrogen (secondary N) is 1. The van der Waals surface area contributed by atoms with Crippen molar-refractivity contribution in [1.29, 1.82) is 0 Å². The largest absolute Gasteiger partial charge is 0.416 e. The van der Waals surface area contributed by atoms with Gasteiger partial charge < -0.3 is 10.2 Å². The molecule has 0 spiro atoms. The Morgan fingerprint density at radius 1 is 1.18 bits per heavy atom. The Morgan fingerprint density at radius 2 is 1.88 bits per heavy atom. The summed E-state index contributed by atoms with van der Waals surface area (Å²) in [4.78, 5) is 17.9. The quantitative estimate of drug-likeness (QED) is 0.424. The van der Waals surface area contributed by atoms with Crippen LogP contribution < -0.4 is 5.32 Å². The summed E-state index contributed by atoms with van der Waals surface area (Å²) in [6, 6.07) is 7.83. The van der Waals surface area contributed by atoms with Crippen LogP contribution >= 0.6 is 39.3 Å². The molecule has 1 fully saturated rings. The molecule has 3 rings (SSSR count). The summed E-state index contributed by atoms with van der Waals surface area (Å²) >= 11 is 11.0. The first-order valence-electron chi connectivity index (χ1n) is 10.6. The van der Waals surface area contributed by atoms with Gasteiger partial charge >= 0.3 is 6.18 Å². The zero-order valence-corrected chi connectivity index (χ0v) is 21.6. The van der Waals surface area contributed by atoms with Crippen molar-refractivity contribution in [3.8, 4) is 0 Å². The van der Waals surface area contributed by atoms with Crippen molar-refractivity contribution in [1.82, 2.24) is 15.1 Å². The molecule has 33 heavy (non-hydrogen) atoms. The minimum Gasteiger partial charge on any atom is -0.348 e. The van der Waals surface area contributed by atoms with E-state index >= 15 is 0 Å². The smallest absolute Gasteiger partial charge is 0.348 e. The fraction of sp³-hybridized carbons (Fsp3) is 0.435. The second kappa shape index (κ2) is 11.4. The van der Waals surface area contributed by atoms with Crippen LogP contribution in [0, 0.1) is 0 Å². The zero-order chi connectivity index (χ0) is 24.2. The van der Waals surface area contributed by atoms with Crippen LogP contribution in [0.4, 0.5) is 13.2 Å². The summed E-state index contributed by atoms with van der Waals surface area (Å²) in [5.74, 6) is 0.277. The van der Waals surface area contributed by atoms with Crippen molar-refractivity contribution < 1.29 is 18.0 Å². The molecule has 1 heterocycles. The van der Waals surface area contributed by atoms with E-state index in [-0.39, 0.29) is 28.7 Å². The summed E-state index contributed by atoms with van der Waals surface area (Å²) in [5.41, 5.74) is 0.151. The van der Waals surface area contributed by atoms with Gasteiger partial charge in [0.25, 0.3) is 5.91 Å². The number of thioether (sulfide) groups is 1. The van der Waals surface area contributed by atoms with Crippen LogP contribution in [-0.2, 0) is 19.3 Å². The number of carbonyl (C=O) groups is 1. The van der Waals surface area contributed by atoms with Crippen LogP contribution in [-0.4, -0.2) is 54.7 Å². The first-order valence-corrected chi connectivity index (χ1v) is 12.7. The number of likely N-dealkylation sites (N-methyl/N-ethyl adjacent to an activating group) is 1. The molecule has 1 aliphatic rings. The summed E-state index contributed by atoms with van der Waals surface area (Å²) < 4.78 is 42.1. The predicted molar refractivity (Wildman–Crippen MR) is 131 cm³/mol. The van der Waals surface area contributed by atoms with Gasteiger partial charge in [0.05, 0.1) is 5.56 Å². The van der Waals surface area contributed by atoms with Gasteiger partial charge in [-0.15, -0.1) is 11.8 Å². The summed E-state index contributed by atoms with van der Waals surface area (Å²) in [6.45, 7) is 5.36. The average Bonchev–Trinajstić information content (AvgIpc) is 2.75. The first-order chi connectivity index (χ1) is 15.6. The standard InChI is InChI=1S/C23H26BrClF3N3OS/c1-3-33-21-5-4-17(25)10-16(21)13-29-22(32)15-11-19(23(26,27)28)18(20(24)12-15)14-31-8-6-30(2)7-9-31/h4-5,10-12H,3,6-9,13-14H2,1-2H3,(H,29,32). The highest BCUT2D eigenvalue weighted by Gasteiger charge is 2.36. The van der Waals surface area contributed by atoms with E-state index in [1.165, 1.54) is 6.07 Å². The van der Waals surface area contributed by atoms with E-state index in [9.17, 15) is 18.0 Å². The monoisotopic (exact) mass is 563 g/mol. The van der Waals surface area contributed by atoms with Crippen molar-refractivity contribution in [3.63, 3.8) is 0 Å². The Hall–Kier alpha value is -1.26. The summed E-state index contributed by atoms with van der Waals surface area (Å²) in [5, 5.41) is 3.27. The molecule has 2 aromatic rings. The Bertz CT molecular complexity index is 998. The lowest BCUT2D eigenvalue weighted by Crippen LogP contribution is -2.44. The highest BCUT2D eigenvalue weighted by Crippen LogP contribution is 2.37. The lowest BCUT2D eigenvalue weighted by Gasteiger charge is -2.33. The molecule has 0 bridgehead atoms. The van der Waals surface area contributed by atoms with Gasteiger partial charge in [-0.3, -0.25) is 9.69 Å². The van der Waals surface area contributed by atoms with Crippen LogP contribution in [0.15, 0.2) is 39.7 Å². The van der Waals surface area contributed by atoms with Crippen molar-refractivity contribution >= 4 is 45.2 Å². The molecule has 1 amide bonds. The Morgan fingerprint density at radius 3 is 2.52 bits per heavy atom. The van der Waals surface area contributed by atoms with Crippen LogP contribution in [0.3, 0.4) is 0 Å². The molecule has 0 aromatic heterocycles. The van der Waals surface area contributed by atoms with E-state index < -0.39 is 17.6 Å². The van der Waals surface area contributed by atoms with E-state index in [0.29, 0.717) is 18.1 Å². The van der Waals surface area contributed by atoms with E-state index in [1.807, 2.05) is 24.9 Å².